The molecule has 7 heteroatoms. The van der Waals surface area contributed by atoms with Crippen LogP contribution in [0.4, 0.5) is 4.79 Å². The van der Waals surface area contributed by atoms with Crippen molar-refractivity contribution < 1.29 is 14.7 Å². The number of urea groups is 1. The van der Waals surface area contributed by atoms with E-state index in [4.69, 9.17) is 0 Å². The van der Waals surface area contributed by atoms with E-state index >= 15 is 0 Å². The molecule has 2 amide bonds. The fourth-order valence-electron chi connectivity index (χ4n) is 1.31. The van der Waals surface area contributed by atoms with E-state index in [-0.39, 0.29) is 0 Å². The Bertz CT molecular complexity index is 452. The summed E-state index contributed by atoms with van der Waals surface area (Å²) in [5, 5.41) is 20.9. The molecule has 0 aliphatic carbocycles. The number of hydrogen-bond donors (Lipinski definition) is 4. The number of aromatic nitrogens is 2. The Morgan fingerprint density at radius 3 is 2.47 bits per heavy atom. The summed E-state index contributed by atoms with van der Waals surface area (Å²) in [7, 11) is 0. The van der Waals surface area contributed by atoms with E-state index < -0.39 is 23.0 Å². The van der Waals surface area contributed by atoms with E-state index in [1.807, 2.05) is 0 Å². The van der Waals surface area contributed by atoms with E-state index in [1.54, 1.807) is 40.1 Å². The van der Waals surface area contributed by atoms with Crippen LogP contribution in [0.3, 0.4) is 0 Å². The summed E-state index contributed by atoms with van der Waals surface area (Å²) < 4.78 is 0. The van der Waals surface area contributed by atoms with Gasteiger partial charge in [-0.1, -0.05) is 0 Å². The zero-order valence-corrected chi connectivity index (χ0v) is 11.6. The highest BCUT2D eigenvalue weighted by Gasteiger charge is 2.44. The third-order valence-corrected chi connectivity index (χ3v) is 3.53. The van der Waals surface area contributed by atoms with Gasteiger partial charge in [0.2, 0.25) is 0 Å². The van der Waals surface area contributed by atoms with Crippen molar-refractivity contribution >= 4 is 12.0 Å². The highest BCUT2D eigenvalue weighted by molar-refractivity contribution is 5.79. The molecule has 1 heterocycles. The van der Waals surface area contributed by atoms with Crippen LogP contribution in [0, 0.1) is 5.41 Å². The second kappa shape index (κ2) is 5.29. The molecular formula is C12H20N4O3. The first-order chi connectivity index (χ1) is 8.67. The van der Waals surface area contributed by atoms with Crippen molar-refractivity contribution in [1.29, 1.82) is 0 Å². The second-order valence-corrected chi connectivity index (χ2v) is 5.47. The summed E-state index contributed by atoms with van der Waals surface area (Å²) in [6.45, 7) is 6.83. The van der Waals surface area contributed by atoms with Gasteiger partial charge in [0.15, 0.2) is 0 Å². The maximum absolute atomic E-state index is 11.8. The van der Waals surface area contributed by atoms with Gasteiger partial charge in [-0.25, -0.2) is 4.79 Å². The Balaban J connectivity index is 2.58. The fourth-order valence-corrected chi connectivity index (χ4v) is 1.31. The molecule has 19 heavy (non-hydrogen) atoms. The van der Waals surface area contributed by atoms with Crippen molar-refractivity contribution in [3.8, 4) is 0 Å². The molecule has 106 valence electrons. The SMILES string of the molecule is CC(C)(NC(=O)NCc1cn[nH]c1)C(C)(C)C(=O)O. The highest BCUT2D eigenvalue weighted by atomic mass is 16.4. The quantitative estimate of drug-likeness (QED) is 0.641. The van der Waals surface area contributed by atoms with Crippen LogP contribution in [0.15, 0.2) is 12.4 Å². The van der Waals surface area contributed by atoms with Gasteiger partial charge < -0.3 is 15.7 Å². The molecule has 0 unspecified atom stereocenters. The number of nitrogens with one attached hydrogen (secondary N) is 3. The standard InChI is InChI=1S/C12H20N4O3/c1-11(2,9(17)18)12(3,4)16-10(19)13-5-8-6-14-15-7-8/h6-7H,5H2,1-4H3,(H,14,15)(H,17,18)(H2,13,16,19). The molecule has 0 atom stereocenters. The summed E-state index contributed by atoms with van der Waals surface area (Å²) in [5.41, 5.74) is -1.13. The number of carboxylic acids is 1. The summed E-state index contributed by atoms with van der Waals surface area (Å²) in [5.74, 6) is -0.965. The predicted octanol–water partition coefficient (Wildman–Crippen LogP) is 1.10. The molecule has 1 aromatic rings. The summed E-state index contributed by atoms with van der Waals surface area (Å²) >= 11 is 0. The van der Waals surface area contributed by atoms with Gasteiger partial charge in [0, 0.05) is 18.3 Å². The summed E-state index contributed by atoms with van der Waals surface area (Å²) in [6.07, 6.45) is 3.28. The van der Waals surface area contributed by atoms with Crippen molar-refractivity contribution in [2.45, 2.75) is 39.8 Å². The average molecular weight is 268 g/mol. The lowest BCUT2D eigenvalue weighted by atomic mass is 9.74. The Morgan fingerprint density at radius 1 is 1.37 bits per heavy atom. The Labute approximate surface area is 111 Å². The minimum absolute atomic E-state index is 0.325. The van der Waals surface area contributed by atoms with Crippen LogP contribution in [0.25, 0.3) is 0 Å². The van der Waals surface area contributed by atoms with Gasteiger partial charge in [-0.3, -0.25) is 9.89 Å². The molecule has 4 N–H and O–H groups in total. The van der Waals surface area contributed by atoms with Crippen molar-refractivity contribution in [3.63, 3.8) is 0 Å². The lowest BCUT2D eigenvalue weighted by Gasteiger charge is -2.38. The molecule has 0 bridgehead atoms. The van der Waals surface area contributed by atoms with E-state index in [2.05, 4.69) is 20.8 Å². The molecule has 1 rings (SSSR count). The number of aliphatic carboxylic acids is 1. The third kappa shape index (κ3) is 3.46. The Morgan fingerprint density at radius 2 is 2.00 bits per heavy atom. The van der Waals surface area contributed by atoms with E-state index in [0.29, 0.717) is 6.54 Å². The molecule has 0 aliphatic rings. The molecule has 1 aromatic heterocycles. The number of carboxylic acid groups (broad SMARTS) is 1. The monoisotopic (exact) mass is 268 g/mol. The number of amides is 2. The lowest BCUT2D eigenvalue weighted by molar-refractivity contribution is -0.150. The smallest absolute Gasteiger partial charge is 0.315 e. The maximum Gasteiger partial charge on any atom is 0.315 e. The van der Waals surface area contributed by atoms with Crippen LogP contribution >= 0.6 is 0 Å². The van der Waals surface area contributed by atoms with Crippen LogP contribution in [0.2, 0.25) is 0 Å². The van der Waals surface area contributed by atoms with Gasteiger partial charge in [0.1, 0.15) is 0 Å². The van der Waals surface area contributed by atoms with Crippen LogP contribution in [0.1, 0.15) is 33.3 Å². The van der Waals surface area contributed by atoms with Crippen molar-refractivity contribution in [2.24, 2.45) is 5.41 Å². The number of carbonyl (C=O) groups excluding carboxylic acids is 1. The number of H-pyrrole nitrogens is 1. The zero-order valence-electron chi connectivity index (χ0n) is 11.6. The largest absolute Gasteiger partial charge is 0.481 e. The van der Waals surface area contributed by atoms with Crippen LogP contribution in [-0.4, -0.2) is 32.8 Å². The second-order valence-electron chi connectivity index (χ2n) is 5.47. The first-order valence-electron chi connectivity index (χ1n) is 5.94. The average Bonchev–Trinajstić information content (AvgIpc) is 2.78. The number of rotatable bonds is 5. The van der Waals surface area contributed by atoms with Gasteiger partial charge >= 0.3 is 12.0 Å². The van der Waals surface area contributed by atoms with Gasteiger partial charge in [0.25, 0.3) is 0 Å². The topological polar surface area (TPSA) is 107 Å². The zero-order chi connectivity index (χ0) is 14.7. The first-order valence-corrected chi connectivity index (χ1v) is 5.94. The molecule has 0 fully saturated rings. The predicted molar refractivity (Wildman–Crippen MR) is 69.5 cm³/mol. The number of carbonyl (C=O) groups is 2. The summed E-state index contributed by atoms with van der Waals surface area (Å²) in [6, 6.07) is -0.416. The molecule has 0 saturated heterocycles. The van der Waals surface area contributed by atoms with E-state index in [1.165, 1.54) is 0 Å². The molecule has 0 saturated carbocycles. The molecule has 0 aliphatic heterocycles. The van der Waals surface area contributed by atoms with Crippen LogP contribution in [0.5, 0.6) is 0 Å². The number of hydrogen-bond acceptors (Lipinski definition) is 3. The van der Waals surface area contributed by atoms with Gasteiger partial charge in [-0.15, -0.1) is 0 Å². The molecule has 0 aromatic carbocycles. The highest BCUT2D eigenvalue weighted by Crippen LogP contribution is 2.30. The van der Waals surface area contributed by atoms with Gasteiger partial charge in [-0.2, -0.15) is 5.10 Å². The van der Waals surface area contributed by atoms with Crippen molar-refractivity contribution in [3.05, 3.63) is 18.0 Å². The van der Waals surface area contributed by atoms with Gasteiger partial charge in [-0.05, 0) is 27.7 Å². The Kier molecular flexibility index (Phi) is 4.18. The van der Waals surface area contributed by atoms with Crippen molar-refractivity contribution in [2.75, 3.05) is 0 Å². The van der Waals surface area contributed by atoms with E-state index in [0.717, 1.165) is 5.56 Å². The van der Waals surface area contributed by atoms with Crippen LogP contribution in [-0.2, 0) is 11.3 Å². The van der Waals surface area contributed by atoms with Crippen LogP contribution < -0.4 is 10.6 Å². The minimum atomic E-state index is -1.08. The van der Waals surface area contributed by atoms with E-state index in [9.17, 15) is 14.7 Å². The number of nitrogens with zero attached hydrogens (tertiary/aromatic N) is 1. The fraction of sp³-hybridized carbons (Fsp3) is 0.583. The molecular weight excluding hydrogens is 248 g/mol. The Hall–Kier alpha value is -2.05. The normalized spacial score (nSPS) is 12.0. The maximum atomic E-state index is 11.8. The minimum Gasteiger partial charge on any atom is -0.481 e. The molecule has 0 spiro atoms. The lowest BCUT2D eigenvalue weighted by Crippen LogP contribution is -2.58. The molecule has 0 radical (unpaired) electrons. The van der Waals surface area contributed by atoms with Gasteiger partial charge in [0.05, 0.1) is 17.2 Å². The number of aromatic amines is 1. The van der Waals surface area contributed by atoms with Crippen molar-refractivity contribution in [1.82, 2.24) is 20.8 Å². The third-order valence-electron chi connectivity index (χ3n) is 3.53. The summed E-state index contributed by atoms with van der Waals surface area (Å²) in [4.78, 5) is 23.0. The first kappa shape index (κ1) is 15.0. The molecule has 7 nitrogen and oxygen atoms in total.